The van der Waals surface area contributed by atoms with Gasteiger partial charge in [0.15, 0.2) is 0 Å². The van der Waals surface area contributed by atoms with E-state index in [1.54, 1.807) is 0 Å². The Hall–Kier alpha value is -1.77. The lowest BCUT2D eigenvalue weighted by atomic mass is 9.66. The van der Waals surface area contributed by atoms with Crippen LogP contribution in [-0.2, 0) is 11.8 Å². The van der Waals surface area contributed by atoms with Gasteiger partial charge in [-0.2, -0.15) is 0 Å². The van der Waals surface area contributed by atoms with E-state index in [-0.39, 0.29) is 5.41 Å². The molecule has 3 nitrogen and oxygen atoms in total. The second-order valence-electron chi connectivity index (χ2n) is 6.76. The Morgan fingerprint density at radius 3 is 2.73 bits per heavy atom. The van der Waals surface area contributed by atoms with E-state index >= 15 is 0 Å². The molecule has 3 heteroatoms. The fraction of sp³-hybridized carbons (Fsp3) is 0.526. The van der Waals surface area contributed by atoms with Gasteiger partial charge in [0.25, 0.3) is 0 Å². The zero-order valence-electron chi connectivity index (χ0n) is 14.1. The first-order valence-electron chi connectivity index (χ1n) is 8.36. The molecule has 1 heterocycles. The molecule has 0 aliphatic heterocycles. The van der Waals surface area contributed by atoms with E-state index in [4.69, 9.17) is 4.52 Å². The molecule has 2 atom stereocenters. The van der Waals surface area contributed by atoms with Gasteiger partial charge < -0.3 is 9.42 Å². The molecule has 0 fully saturated rings. The predicted octanol–water partition coefficient (Wildman–Crippen LogP) is 4.53. The number of hydrogen-bond acceptors (Lipinski definition) is 3. The molecule has 1 aromatic carbocycles. The summed E-state index contributed by atoms with van der Waals surface area (Å²) in [5, 5.41) is 4.42. The van der Waals surface area contributed by atoms with Crippen molar-refractivity contribution in [1.29, 1.82) is 0 Å². The summed E-state index contributed by atoms with van der Waals surface area (Å²) in [5.41, 5.74) is 5.28. The fourth-order valence-corrected chi connectivity index (χ4v) is 4.07. The highest BCUT2D eigenvalue weighted by Gasteiger charge is 2.39. The Bertz CT molecular complexity index is 644. The van der Waals surface area contributed by atoms with Crippen molar-refractivity contribution in [2.45, 2.75) is 51.9 Å². The van der Waals surface area contributed by atoms with E-state index < -0.39 is 0 Å². The van der Waals surface area contributed by atoms with Crippen LogP contribution in [0.5, 0.6) is 0 Å². The summed E-state index contributed by atoms with van der Waals surface area (Å²) >= 11 is 0. The number of rotatable bonds is 4. The zero-order chi connectivity index (χ0) is 15.7. The van der Waals surface area contributed by atoms with Crippen molar-refractivity contribution in [2.24, 2.45) is 0 Å². The molecular formula is C19H26N2O. The van der Waals surface area contributed by atoms with E-state index in [2.05, 4.69) is 62.0 Å². The van der Waals surface area contributed by atoms with Gasteiger partial charge in [-0.15, -0.1) is 0 Å². The van der Waals surface area contributed by atoms with Gasteiger partial charge >= 0.3 is 0 Å². The van der Waals surface area contributed by atoms with Gasteiger partial charge in [-0.3, -0.25) is 0 Å². The van der Waals surface area contributed by atoms with Crippen LogP contribution in [0.15, 0.2) is 35.1 Å². The number of anilines is 1. The number of aromatic nitrogens is 1. The zero-order valence-corrected chi connectivity index (χ0v) is 14.1. The number of hydrogen-bond donors (Lipinski definition) is 0. The van der Waals surface area contributed by atoms with Gasteiger partial charge in [-0.1, -0.05) is 43.3 Å². The lowest BCUT2D eigenvalue weighted by molar-refractivity contribution is 0.330. The van der Waals surface area contributed by atoms with E-state index in [1.165, 1.54) is 16.8 Å². The van der Waals surface area contributed by atoms with Crippen molar-refractivity contribution in [2.75, 3.05) is 18.0 Å². The van der Waals surface area contributed by atoms with Crippen LogP contribution in [-0.4, -0.2) is 18.2 Å². The molecule has 0 saturated carbocycles. The van der Waals surface area contributed by atoms with Gasteiger partial charge in [0, 0.05) is 18.5 Å². The summed E-state index contributed by atoms with van der Waals surface area (Å²) in [5.74, 6) is 0.552. The van der Waals surface area contributed by atoms with Crippen molar-refractivity contribution in [3.8, 4) is 0 Å². The van der Waals surface area contributed by atoms with Crippen molar-refractivity contribution in [3.63, 3.8) is 0 Å². The van der Waals surface area contributed by atoms with Gasteiger partial charge in [-0.25, -0.2) is 0 Å². The first-order valence-corrected chi connectivity index (χ1v) is 8.36. The molecular weight excluding hydrogens is 272 g/mol. The summed E-state index contributed by atoms with van der Waals surface area (Å²) < 4.78 is 5.38. The highest BCUT2D eigenvalue weighted by molar-refractivity contribution is 5.53. The van der Waals surface area contributed by atoms with Crippen molar-refractivity contribution < 1.29 is 4.52 Å². The molecule has 0 spiro atoms. The third-order valence-electron chi connectivity index (χ3n) is 5.15. The first-order chi connectivity index (χ1) is 10.6. The Balaban J connectivity index is 2.01. The van der Waals surface area contributed by atoms with Crippen LogP contribution >= 0.6 is 0 Å². The summed E-state index contributed by atoms with van der Waals surface area (Å²) in [6.45, 7) is 11.0. The number of benzene rings is 1. The molecule has 3 rings (SSSR count). The highest BCUT2D eigenvalue weighted by Crippen LogP contribution is 2.46. The van der Waals surface area contributed by atoms with E-state index in [0.29, 0.717) is 5.92 Å². The van der Waals surface area contributed by atoms with Crippen LogP contribution in [0.25, 0.3) is 0 Å². The fourth-order valence-electron chi connectivity index (χ4n) is 4.07. The lowest BCUT2D eigenvalue weighted by Crippen LogP contribution is -2.34. The molecule has 0 bridgehead atoms. The Morgan fingerprint density at radius 2 is 2.00 bits per heavy atom. The third kappa shape index (κ3) is 2.43. The van der Waals surface area contributed by atoms with Gasteiger partial charge in [0.05, 0.1) is 0 Å². The summed E-state index contributed by atoms with van der Waals surface area (Å²) in [6, 6.07) is 8.83. The predicted molar refractivity (Wildman–Crippen MR) is 90.6 cm³/mol. The second kappa shape index (κ2) is 5.79. The monoisotopic (exact) mass is 298 g/mol. The minimum absolute atomic E-state index is 0.0404. The normalized spacial score (nSPS) is 24.1. The smallest absolute Gasteiger partial charge is 0.147 e. The van der Waals surface area contributed by atoms with E-state index in [9.17, 15) is 0 Å². The van der Waals surface area contributed by atoms with Gasteiger partial charge in [0.2, 0.25) is 0 Å². The largest absolute Gasteiger partial charge is 0.368 e. The molecule has 118 valence electrons. The Labute approximate surface area is 133 Å². The van der Waals surface area contributed by atoms with Crippen LogP contribution in [0, 0.1) is 0 Å². The summed E-state index contributed by atoms with van der Waals surface area (Å²) in [6.07, 6.45) is 3.97. The van der Waals surface area contributed by atoms with Gasteiger partial charge in [-0.05, 0) is 43.7 Å². The van der Waals surface area contributed by atoms with Gasteiger partial charge in [0.1, 0.15) is 17.6 Å². The van der Waals surface area contributed by atoms with Crippen LogP contribution in [0.3, 0.4) is 0 Å². The molecule has 2 unspecified atom stereocenters. The lowest BCUT2D eigenvalue weighted by Gasteiger charge is -2.38. The third-order valence-corrected chi connectivity index (χ3v) is 5.15. The first kappa shape index (κ1) is 15.1. The molecule has 1 aromatic heterocycles. The standard InChI is InChI=1S/C19H26N2O/c1-5-21(6-2)17-13-22-20-18(17)19(4)11-14(3)16-10-8-7-9-15(16)12-19/h7-10,13-14H,5-6,11-12H2,1-4H3. The van der Waals surface area contributed by atoms with Crippen LogP contribution in [0.1, 0.15) is 56.9 Å². The van der Waals surface area contributed by atoms with Crippen molar-refractivity contribution in [1.82, 2.24) is 5.16 Å². The average Bonchev–Trinajstić information content (AvgIpc) is 2.99. The van der Waals surface area contributed by atoms with Crippen molar-refractivity contribution in [3.05, 3.63) is 47.3 Å². The second-order valence-corrected chi connectivity index (χ2v) is 6.76. The van der Waals surface area contributed by atoms with E-state index in [1.807, 2.05) is 6.26 Å². The van der Waals surface area contributed by atoms with Crippen LogP contribution < -0.4 is 4.90 Å². The average molecular weight is 298 g/mol. The minimum Gasteiger partial charge on any atom is -0.368 e. The molecule has 22 heavy (non-hydrogen) atoms. The highest BCUT2D eigenvalue weighted by atomic mass is 16.5. The molecule has 0 amide bonds. The number of nitrogens with zero attached hydrogens (tertiary/aromatic N) is 2. The maximum absolute atomic E-state index is 5.38. The Kier molecular flexibility index (Phi) is 3.98. The molecule has 0 N–H and O–H groups in total. The van der Waals surface area contributed by atoms with Crippen LogP contribution in [0.2, 0.25) is 0 Å². The molecule has 1 aliphatic carbocycles. The van der Waals surface area contributed by atoms with E-state index in [0.717, 1.165) is 31.6 Å². The topological polar surface area (TPSA) is 29.3 Å². The maximum Gasteiger partial charge on any atom is 0.147 e. The SMILES string of the molecule is CCN(CC)c1conc1C1(C)Cc2ccccc2C(C)C1. The minimum atomic E-state index is 0.0404. The quantitative estimate of drug-likeness (QED) is 0.830. The van der Waals surface area contributed by atoms with Crippen LogP contribution in [0.4, 0.5) is 5.69 Å². The summed E-state index contributed by atoms with van der Waals surface area (Å²) in [4.78, 5) is 2.34. The number of fused-ring (bicyclic) bond motifs is 1. The molecule has 2 aromatic rings. The maximum atomic E-state index is 5.38. The molecule has 0 radical (unpaired) electrons. The summed E-state index contributed by atoms with van der Waals surface area (Å²) in [7, 11) is 0. The molecule has 1 aliphatic rings. The molecule has 0 saturated heterocycles. The Morgan fingerprint density at radius 1 is 1.27 bits per heavy atom. The van der Waals surface area contributed by atoms with Crippen molar-refractivity contribution >= 4 is 5.69 Å².